The van der Waals surface area contributed by atoms with Crippen LogP contribution in [0.25, 0.3) is 0 Å². The van der Waals surface area contributed by atoms with Gasteiger partial charge in [0.05, 0.1) is 6.04 Å². The molecule has 0 aliphatic carbocycles. The molecule has 1 unspecified atom stereocenters. The molecule has 0 heterocycles. The fourth-order valence-electron chi connectivity index (χ4n) is 1.53. The Bertz CT molecular complexity index is 346. The Hall–Kier alpha value is -1.83. The minimum absolute atomic E-state index is 0.0168. The van der Waals surface area contributed by atoms with Crippen LogP contribution >= 0.6 is 0 Å². The molecule has 116 valence electrons. The van der Waals surface area contributed by atoms with Crippen molar-refractivity contribution in [3.05, 3.63) is 0 Å². The van der Waals surface area contributed by atoms with E-state index >= 15 is 0 Å². The quantitative estimate of drug-likeness (QED) is 0.352. The van der Waals surface area contributed by atoms with E-state index in [-0.39, 0.29) is 17.7 Å². The van der Waals surface area contributed by atoms with Crippen molar-refractivity contribution >= 4 is 17.8 Å². The first kappa shape index (κ1) is 18.2. The minimum Gasteiger partial charge on any atom is -0.357 e. The first-order chi connectivity index (χ1) is 9.29. The van der Waals surface area contributed by atoms with E-state index in [0.717, 1.165) is 0 Å². The van der Waals surface area contributed by atoms with E-state index in [1.54, 1.807) is 0 Å². The van der Waals surface area contributed by atoms with Crippen molar-refractivity contribution in [2.45, 2.75) is 38.8 Å². The number of rotatable bonds is 8. The highest BCUT2D eigenvalue weighted by Crippen LogP contribution is 2.02. The van der Waals surface area contributed by atoms with Gasteiger partial charge in [-0.25, -0.2) is 4.79 Å². The van der Waals surface area contributed by atoms with E-state index in [1.165, 1.54) is 7.05 Å². The Balaban J connectivity index is 4.39. The van der Waals surface area contributed by atoms with E-state index in [0.29, 0.717) is 19.4 Å². The van der Waals surface area contributed by atoms with Crippen LogP contribution in [0.2, 0.25) is 0 Å². The lowest BCUT2D eigenvalue weighted by molar-refractivity contribution is -0.130. The van der Waals surface area contributed by atoms with Gasteiger partial charge in [-0.05, 0) is 18.8 Å². The van der Waals surface area contributed by atoms with Crippen LogP contribution < -0.4 is 27.4 Å². The largest absolute Gasteiger partial charge is 0.357 e. The van der Waals surface area contributed by atoms with Gasteiger partial charge in [-0.3, -0.25) is 9.59 Å². The van der Waals surface area contributed by atoms with Gasteiger partial charge in [0.2, 0.25) is 11.8 Å². The maximum atomic E-state index is 11.9. The van der Waals surface area contributed by atoms with Gasteiger partial charge >= 0.3 is 6.03 Å². The van der Waals surface area contributed by atoms with Crippen molar-refractivity contribution in [1.29, 1.82) is 0 Å². The average molecular weight is 287 g/mol. The minimum atomic E-state index is -0.674. The summed E-state index contributed by atoms with van der Waals surface area (Å²) in [7, 11) is 1.49. The lowest BCUT2D eigenvalue weighted by atomic mass is 10.0. The molecule has 0 aliphatic heterocycles. The van der Waals surface area contributed by atoms with Crippen LogP contribution in [-0.2, 0) is 9.59 Å². The zero-order valence-corrected chi connectivity index (χ0v) is 12.2. The molecule has 0 radical (unpaired) electrons. The number of nitrogens with one attached hydrogen (secondary N) is 3. The van der Waals surface area contributed by atoms with Gasteiger partial charge in [0.1, 0.15) is 6.04 Å². The Morgan fingerprint density at radius 3 is 2.20 bits per heavy atom. The zero-order chi connectivity index (χ0) is 15.7. The number of carbonyl (C=O) groups excluding carboxylic acids is 3. The highest BCUT2D eigenvalue weighted by atomic mass is 16.2. The number of urea groups is 1. The summed E-state index contributed by atoms with van der Waals surface area (Å²) in [5.74, 6) is -0.679. The van der Waals surface area contributed by atoms with Gasteiger partial charge in [-0.2, -0.15) is 0 Å². The van der Waals surface area contributed by atoms with Crippen molar-refractivity contribution in [2.24, 2.45) is 17.4 Å². The molecule has 0 bridgehead atoms. The van der Waals surface area contributed by atoms with Crippen molar-refractivity contribution < 1.29 is 14.4 Å². The van der Waals surface area contributed by atoms with Crippen LogP contribution in [0.5, 0.6) is 0 Å². The SMILES string of the molecule is CNC(=O)C(CCCNC(N)=O)NC(=O)[C@@H](N)C(C)C. The molecule has 0 aromatic carbocycles. The fraction of sp³-hybridized carbons (Fsp3) is 0.750. The summed E-state index contributed by atoms with van der Waals surface area (Å²) in [5.41, 5.74) is 10.7. The van der Waals surface area contributed by atoms with Gasteiger partial charge in [0, 0.05) is 13.6 Å². The summed E-state index contributed by atoms with van der Waals surface area (Å²) in [4.78, 5) is 34.1. The zero-order valence-electron chi connectivity index (χ0n) is 12.2. The normalized spacial score (nSPS) is 13.4. The Labute approximate surface area is 119 Å². The van der Waals surface area contributed by atoms with Gasteiger partial charge in [-0.15, -0.1) is 0 Å². The topological polar surface area (TPSA) is 139 Å². The van der Waals surface area contributed by atoms with Crippen LogP contribution in [0, 0.1) is 5.92 Å². The highest BCUT2D eigenvalue weighted by molar-refractivity contribution is 5.89. The highest BCUT2D eigenvalue weighted by Gasteiger charge is 2.24. The maximum absolute atomic E-state index is 11.9. The summed E-state index contributed by atoms with van der Waals surface area (Å²) in [6.07, 6.45) is 0.898. The Morgan fingerprint density at radius 1 is 1.15 bits per heavy atom. The van der Waals surface area contributed by atoms with Crippen LogP contribution in [0.4, 0.5) is 4.79 Å². The standard InChI is InChI=1S/C12H25N5O3/c1-7(2)9(13)11(19)17-8(10(18)15-3)5-4-6-16-12(14)20/h7-9H,4-6,13H2,1-3H3,(H,15,18)(H,17,19)(H3,14,16,20)/t8?,9-/m0/s1. The number of carbonyl (C=O) groups is 3. The van der Waals surface area contributed by atoms with Gasteiger partial charge in [0.15, 0.2) is 0 Å². The molecule has 0 aromatic heterocycles. The Kier molecular flexibility index (Phi) is 8.30. The third kappa shape index (κ3) is 6.93. The van der Waals surface area contributed by atoms with Crippen molar-refractivity contribution in [2.75, 3.05) is 13.6 Å². The molecule has 2 atom stereocenters. The van der Waals surface area contributed by atoms with Gasteiger partial charge in [0.25, 0.3) is 0 Å². The summed E-state index contributed by atoms with van der Waals surface area (Å²) < 4.78 is 0. The van der Waals surface area contributed by atoms with Crippen molar-refractivity contribution in [3.63, 3.8) is 0 Å². The third-order valence-corrected chi connectivity index (χ3v) is 2.87. The van der Waals surface area contributed by atoms with Crippen LogP contribution in [0.1, 0.15) is 26.7 Å². The number of amides is 4. The number of hydrogen-bond donors (Lipinski definition) is 5. The van der Waals surface area contributed by atoms with Crippen LogP contribution in [0.3, 0.4) is 0 Å². The summed E-state index contributed by atoms with van der Waals surface area (Å²) in [6, 6.07) is -1.95. The lowest BCUT2D eigenvalue weighted by Gasteiger charge is -2.21. The monoisotopic (exact) mass is 287 g/mol. The average Bonchev–Trinajstić information content (AvgIpc) is 2.39. The number of nitrogens with two attached hydrogens (primary N) is 2. The van der Waals surface area contributed by atoms with Crippen LogP contribution in [-0.4, -0.2) is 43.5 Å². The van der Waals surface area contributed by atoms with E-state index in [1.807, 2.05) is 13.8 Å². The maximum Gasteiger partial charge on any atom is 0.312 e. The molecule has 0 saturated heterocycles. The molecule has 8 heteroatoms. The molecule has 0 fully saturated rings. The molecule has 8 nitrogen and oxygen atoms in total. The molecule has 0 spiro atoms. The van der Waals surface area contributed by atoms with Crippen LogP contribution in [0.15, 0.2) is 0 Å². The second-order valence-electron chi connectivity index (χ2n) is 4.88. The number of hydrogen-bond acceptors (Lipinski definition) is 4. The second-order valence-corrected chi connectivity index (χ2v) is 4.88. The summed E-state index contributed by atoms with van der Waals surface area (Å²) in [6.45, 7) is 4.00. The molecule has 7 N–H and O–H groups in total. The molecular weight excluding hydrogens is 262 g/mol. The molecule has 0 aliphatic rings. The van der Waals surface area contributed by atoms with E-state index < -0.39 is 18.1 Å². The molecule has 0 aromatic rings. The molecule has 4 amide bonds. The number of primary amides is 1. The lowest BCUT2D eigenvalue weighted by Crippen LogP contribution is -2.52. The van der Waals surface area contributed by atoms with Crippen molar-refractivity contribution in [1.82, 2.24) is 16.0 Å². The summed E-state index contributed by atoms with van der Waals surface area (Å²) in [5, 5.41) is 7.52. The third-order valence-electron chi connectivity index (χ3n) is 2.87. The predicted octanol–water partition coefficient (Wildman–Crippen LogP) is -1.35. The van der Waals surface area contributed by atoms with E-state index in [2.05, 4.69) is 16.0 Å². The molecule has 0 rings (SSSR count). The van der Waals surface area contributed by atoms with E-state index in [9.17, 15) is 14.4 Å². The fourth-order valence-corrected chi connectivity index (χ4v) is 1.53. The predicted molar refractivity (Wildman–Crippen MR) is 75.6 cm³/mol. The second kappa shape index (κ2) is 9.13. The first-order valence-corrected chi connectivity index (χ1v) is 6.60. The molecule has 0 saturated carbocycles. The van der Waals surface area contributed by atoms with E-state index in [4.69, 9.17) is 11.5 Å². The van der Waals surface area contributed by atoms with Crippen molar-refractivity contribution in [3.8, 4) is 0 Å². The molecular formula is C12H25N5O3. The smallest absolute Gasteiger partial charge is 0.312 e. The summed E-state index contributed by atoms with van der Waals surface area (Å²) >= 11 is 0. The Morgan fingerprint density at radius 2 is 1.75 bits per heavy atom. The first-order valence-electron chi connectivity index (χ1n) is 6.60. The number of likely N-dealkylation sites (N-methyl/N-ethyl adjacent to an activating group) is 1. The van der Waals surface area contributed by atoms with Gasteiger partial charge in [-0.1, -0.05) is 13.8 Å². The molecule has 20 heavy (non-hydrogen) atoms. The van der Waals surface area contributed by atoms with Gasteiger partial charge < -0.3 is 27.4 Å².